The third kappa shape index (κ3) is 2.39. The van der Waals surface area contributed by atoms with Gasteiger partial charge in [-0.25, -0.2) is 0 Å². The highest BCUT2D eigenvalue weighted by Gasteiger charge is 2.15. The zero-order chi connectivity index (χ0) is 16.0. The number of benzene rings is 3. The van der Waals surface area contributed by atoms with Crippen LogP contribution in [0.25, 0.3) is 27.2 Å². The lowest BCUT2D eigenvalue weighted by atomic mass is 10.0. The number of aromatic nitrogens is 1. The molecule has 0 amide bonds. The molecule has 0 fully saturated rings. The van der Waals surface area contributed by atoms with Gasteiger partial charge in [0.15, 0.2) is 11.4 Å². The van der Waals surface area contributed by atoms with Gasteiger partial charge < -0.3 is 0 Å². The first-order valence-electron chi connectivity index (χ1n) is 8.05. The Morgan fingerprint density at radius 3 is 1.78 bits per heavy atom. The molecule has 0 saturated heterocycles. The van der Waals surface area contributed by atoms with Crippen LogP contribution in [-0.2, 0) is 0 Å². The Labute approximate surface area is 136 Å². The van der Waals surface area contributed by atoms with Gasteiger partial charge in [-0.2, -0.15) is 4.57 Å². The molecule has 1 aromatic heterocycles. The first-order valence-corrected chi connectivity index (χ1v) is 8.05. The number of nitrogens with zero attached hydrogens (tertiary/aromatic N) is 1. The van der Waals surface area contributed by atoms with Crippen molar-refractivity contribution < 1.29 is 4.57 Å². The lowest BCUT2D eigenvalue weighted by Gasteiger charge is -2.07. The van der Waals surface area contributed by atoms with Gasteiger partial charge in [-0.05, 0) is 52.2 Å². The van der Waals surface area contributed by atoms with Gasteiger partial charge >= 0.3 is 0 Å². The smallest absolute Gasteiger partial charge is 0.162 e. The molecule has 0 bridgehead atoms. The predicted molar refractivity (Wildman–Crippen MR) is 97.2 cm³/mol. The second-order valence-electron chi connectivity index (χ2n) is 6.38. The average molecular weight is 298 g/mol. The SMILES string of the molecule is Cc1cc(C)[n+](-c2ccc3cc4ccccc4cc3c2)c(C)c1. The Hall–Kier alpha value is -2.67. The lowest BCUT2D eigenvalue weighted by Crippen LogP contribution is -2.37. The van der Waals surface area contributed by atoms with Gasteiger partial charge in [0.05, 0.1) is 0 Å². The van der Waals surface area contributed by atoms with Crippen LogP contribution in [0.15, 0.2) is 66.7 Å². The number of hydrogen-bond acceptors (Lipinski definition) is 0. The summed E-state index contributed by atoms with van der Waals surface area (Å²) in [7, 11) is 0. The molecule has 4 aromatic rings. The van der Waals surface area contributed by atoms with E-state index in [2.05, 4.69) is 92.1 Å². The van der Waals surface area contributed by atoms with E-state index in [0.29, 0.717) is 0 Å². The standard InChI is InChI=1S/C22H20N/c1-15-10-16(2)23(17(3)11-15)22-9-8-20-12-18-6-4-5-7-19(18)13-21(20)14-22/h4-14H,1-3H3/q+1. The molecule has 0 aliphatic rings. The molecule has 0 unspecified atom stereocenters. The fourth-order valence-electron chi connectivity index (χ4n) is 3.58. The Morgan fingerprint density at radius 2 is 1.13 bits per heavy atom. The molecule has 0 N–H and O–H groups in total. The molecular weight excluding hydrogens is 278 g/mol. The molecule has 1 nitrogen and oxygen atoms in total. The predicted octanol–water partition coefficient (Wildman–Crippen LogP) is 5.19. The summed E-state index contributed by atoms with van der Waals surface area (Å²) in [5.74, 6) is 0. The Bertz CT molecular complexity index is 1020. The maximum absolute atomic E-state index is 2.32. The molecule has 1 heterocycles. The van der Waals surface area contributed by atoms with Crippen molar-refractivity contribution in [3.05, 3.63) is 83.7 Å². The van der Waals surface area contributed by atoms with Crippen molar-refractivity contribution in [2.45, 2.75) is 20.8 Å². The number of hydrogen-bond donors (Lipinski definition) is 0. The Kier molecular flexibility index (Phi) is 3.16. The topological polar surface area (TPSA) is 3.88 Å². The third-order valence-electron chi connectivity index (χ3n) is 4.53. The van der Waals surface area contributed by atoms with Crippen molar-refractivity contribution >= 4 is 21.5 Å². The van der Waals surface area contributed by atoms with Crippen molar-refractivity contribution in [3.63, 3.8) is 0 Å². The molecule has 23 heavy (non-hydrogen) atoms. The molecule has 0 radical (unpaired) electrons. The monoisotopic (exact) mass is 298 g/mol. The summed E-state index contributed by atoms with van der Waals surface area (Å²) in [4.78, 5) is 0. The quantitative estimate of drug-likeness (QED) is 0.336. The lowest BCUT2D eigenvalue weighted by molar-refractivity contribution is -0.609. The van der Waals surface area contributed by atoms with Gasteiger partial charge in [0.1, 0.15) is 0 Å². The molecule has 112 valence electrons. The highest BCUT2D eigenvalue weighted by Crippen LogP contribution is 2.24. The number of pyridine rings is 1. The maximum Gasteiger partial charge on any atom is 0.211 e. The zero-order valence-corrected chi connectivity index (χ0v) is 13.8. The van der Waals surface area contributed by atoms with Crippen LogP contribution >= 0.6 is 0 Å². The zero-order valence-electron chi connectivity index (χ0n) is 13.8. The van der Waals surface area contributed by atoms with Crippen LogP contribution in [0.2, 0.25) is 0 Å². The van der Waals surface area contributed by atoms with Crippen LogP contribution in [0.5, 0.6) is 0 Å². The summed E-state index contributed by atoms with van der Waals surface area (Å²) in [6, 6.07) is 24.3. The number of fused-ring (bicyclic) bond motifs is 2. The van der Waals surface area contributed by atoms with E-state index in [1.54, 1.807) is 0 Å². The molecule has 0 atom stereocenters. The van der Waals surface area contributed by atoms with Crippen molar-refractivity contribution in [1.29, 1.82) is 0 Å². The summed E-state index contributed by atoms with van der Waals surface area (Å²) < 4.78 is 2.32. The molecule has 0 saturated carbocycles. The minimum absolute atomic E-state index is 1.22. The van der Waals surface area contributed by atoms with E-state index >= 15 is 0 Å². The first-order chi connectivity index (χ1) is 11.1. The van der Waals surface area contributed by atoms with Crippen molar-refractivity contribution in [2.75, 3.05) is 0 Å². The van der Waals surface area contributed by atoms with Crippen molar-refractivity contribution in [1.82, 2.24) is 0 Å². The maximum atomic E-state index is 2.32. The van der Waals surface area contributed by atoms with E-state index in [-0.39, 0.29) is 0 Å². The largest absolute Gasteiger partial charge is 0.211 e. The molecule has 1 heteroatoms. The summed E-state index contributed by atoms with van der Waals surface area (Å²) in [6.45, 7) is 6.49. The van der Waals surface area contributed by atoms with Gasteiger partial charge in [0.2, 0.25) is 5.69 Å². The fourth-order valence-corrected chi connectivity index (χ4v) is 3.58. The Balaban J connectivity index is 1.97. The second kappa shape index (κ2) is 5.20. The molecule has 0 aliphatic carbocycles. The highest BCUT2D eigenvalue weighted by molar-refractivity contribution is 5.98. The van der Waals surface area contributed by atoms with Crippen molar-refractivity contribution in [2.24, 2.45) is 0 Å². The fraction of sp³-hybridized carbons (Fsp3) is 0.136. The second-order valence-corrected chi connectivity index (χ2v) is 6.38. The molecule has 4 rings (SSSR count). The van der Waals surface area contributed by atoms with Crippen LogP contribution in [0.3, 0.4) is 0 Å². The van der Waals surface area contributed by atoms with Gasteiger partial charge in [-0.1, -0.05) is 24.3 Å². The molecular formula is C22H20N+. The van der Waals surface area contributed by atoms with E-state index < -0.39 is 0 Å². The van der Waals surface area contributed by atoms with E-state index in [9.17, 15) is 0 Å². The van der Waals surface area contributed by atoms with Crippen LogP contribution in [-0.4, -0.2) is 0 Å². The van der Waals surface area contributed by atoms with E-state index in [1.165, 1.54) is 44.2 Å². The van der Waals surface area contributed by atoms with Gasteiger partial charge in [0.25, 0.3) is 0 Å². The number of rotatable bonds is 1. The normalized spacial score (nSPS) is 11.3. The first kappa shape index (κ1) is 14.0. The third-order valence-corrected chi connectivity index (χ3v) is 4.53. The summed E-state index contributed by atoms with van der Waals surface area (Å²) in [5, 5.41) is 5.16. The number of aryl methyl sites for hydroxylation is 3. The van der Waals surface area contributed by atoms with Crippen LogP contribution in [0, 0.1) is 20.8 Å². The van der Waals surface area contributed by atoms with E-state index in [0.717, 1.165) is 0 Å². The van der Waals surface area contributed by atoms with Gasteiger partial charge in [-0.15, -0.1) is 0 Å². The van der Waals surface area contributed by atoms with Crippen LogP contribution < -0.4 is 4.57 Å². The summed E-state index contributed by atoms with van der Waals surface area (Å²) >= 11 is 0. The van der Waals surface area contributed by atoms with E-state index in [1.807, 2.05) is 0 Å². The van der Waals surface area contributed by atoms with Crippen LogP contribution in [0.4, 0.5) is 0 Å². The van der Waals surface area contributed by atoms with Gasteiger partial charge in [-0.3, -0.25) is 0 Å². The van der Waals surface area contributed by atoms with E-state index in [4.69, 9.17) is 0 Å². The average Bonchev–Trinajstić information content (AvgIpc) is 2.52. The highest BCUT2D eigenvalue weighted by atomic mass is 15.0. The minimum atomic E-state index is 1.22. The van der Waals surface area contributed by atoms with Gasteiger partial charge in [0, 0.05) is 38.1 Å². The van der Waals surface area contributed by atoms with Crippen molar-refractivity contribution in [3.8, 4) is 5.69 Å². The summed E-state index contributed by atoms with van der Waals surface area (Å²) in [5.41, 5.74) is 5.07. The molecule has 3 aromatic carbocycles. The molecule has 0 spiro atoms. The Morgan fingerprint density at radius 1 is 0.565 bits per heavy atom. The van der Waals surface area contributed by atoms with Crippen LogP contribution in [0.1, 0.15) is 17.0 Å². The summed E-state index contributed by atoms with van der Waals surface area (Å²) in [6.07, 6.45) is 0. The minimum Gasteiger partial charge on any atom is -0.162 e. The molecule has 0 aliphatic heterocycles.